The minimum absolute atomic E-state index is 0.176. The second-order valence-electron chi connectivity index (χ2n) is 6.28. The highest BCUT2D eigenvalue weighted by molar-refractivity contribution is 6.06. The maximum Gasteiger partial charge on any atom is 0.260 e. The summed E-state index contributed by atoms with van der Waals surface area (Å²) in [5, 5.41) is 10.1. The summed E-state index contributed by atoms with van der Waals surface area (Å²) in [5.74, 6) is 0.842. The molecule has 3 rings (SSSR count). The van der Waals surface area contributed by atoms with Gasteiger partial charge in [0.1, 0.15) is 0 Å². The van der Waals surface area contributed by atoms with Gasteiger partial charge in [-0.15, -0.1) is 0 Å². The monoisotopic (exact) mass is 350 g/mol. The third-order valence-corrected chi connectivity index (χ3v) is 4.14. The van der Waals surface area contributed by atoms with Gasteiger partial charge in [0.05, 0.1) is 11.3 Å². The first kappa shape index (κ1) is 17.8. The number of para-hydroxylation sites is 1. The zero-order chi connectivity index (χ0) is 18.5. The molecule has 1 amide bonds. The molecule has 3 aromatic rings. The molecule has 0 aliphatic rings. The molecule has 2 aromatic carbocycles. The molecular weight excluding hydrogens is 328 g/mol. The van der Waals surface area contributed by atoms with Crippen molar-refractivity contribution < 1.29 is 9.32 Å². The van der Waals surface area contributed by atoms with Crippen molar-refractivity contribution in [3.05, 3.63) is 65.5 Å². The molecule has 0 saturated carbocycles. The maximum atomic E-state index is 12.6. The number of aromatic nitrogens is 2. The molecule has 0 saturated heterocycles. The van der Waals surface area contributed by atoms with Gasteiger partial charge >= 0.3 is 0 Å². The van der Waals surface area contributed by atoms with E-state index in [4.69, 9.17) is 4.52 Å². The van der Waals surface area contributed by atoms with Gasteiger partial charge in [-0.2, -0.15) is 4.98 Å². The fourth-order valence-electron chi connectivity index (χ4n) is 2.58. The van der Waals surface area contributed by atoms with Crippen LogP contribution >= 0.6 is 0 Å². The molecular formula is C20H22N4O2. The summed E-state index contributed by atoms with van der Waals surface area (Å²) >= 11 is 0. The molecule has 1 heterocycles. The standard InChI is InChI=1S/C20H22N4O2/c1-13-7-6-8-15(11-13)19(25)22-17-10-5-4-9-16(17)20-23-18(24-26-20)12-14(2)21-3/h4-11,14,21H,12H2,1-3H3,(H,22,25). The van der Waals surface area contributed by atoms with Crippen molar-refractivity contribution in [2.45, 2.75) is 26.3 Å². The minimum Gasteiger partial charge on any atom is -0.334 e. The Balaban J connectivity index is 1.83. The van der Waals surface area contributed by atoms with E-state index in [-0.39, 0.29) is 11.9 Å². The first-order valence-corrected chi connectivity index (χ1v) is 8.54. The molecule has 6 nitrogen and oxygen atoms in total. The van der Waals surface area contributed by atoms with Gasteiger partial charge in [0.2, 0.25) is 0 Å². The lowest BCUT2D eigenvalue weighted by Gasteiger charge is -2.09. The summed E-state index contributed by atoms with van der Waals surface area (Å²) in [7, 11) is 1.89. The first-order valence-electron chi connectivity index (χ1n) is 8.54. The van der Waals surface area contributed by atoms with Gasteiger partial charge in [0.25, 0.3) is 11.8 Å². The van der Waals surface area contributed by atoms with Crippen LogP contribution in [0.15, 0.2) is 53.1 Å². The molecule has 0 spiro atoms. The molecule has 26 heavy (non-hydrogen) atoms. The maximum absolute atomic E-state index is 12.6. The van der Waals surface area contributed by atoms with Gasteiger partial charge in [0, 0.05) is 18.0 Å². The van der Waals surface area contributed by atoms with Gasteiger partial charge in [-0.25, -0.2) is 0 Å². The SMILES string of the molecule is CNC(C)Cc1noc(-c2ccccc2NC(=O)c2cccc(C)c2)n1. The number of likely N-dealkylation sites (N-methyl/N-ethyl adjacent to an activating group) is 1. The Morgan fingerprint density at radius 3 is 2.77 bits per heavy atom. The number of benzene rings is 2. The Kier molecular flexibility index (Phi) is 5.43. The van der Waals surface area contributed by atoms with Gasteiger partial charge in [-0.1, -0.05) is 35.0 Å². The van der Waals surface area contributed by atoms with Crippen molar-refractivity contribution in [2.75, 3.05) is 12.4 Å². The number of aryl methyl sites for hydroxylation is 1. The van der Waals surface area contributed by atoms with E-state index in [1.807, 2.05) is 63.4 Å². The number of nitrogens with one attached hydrogen (secondary N) is 2. The average molecular weight is 350 g/mol. The molecule has 0 bridgehead atoms. The lowest BCUT2D eigenvalue weighted by atomic mass is 10.1. The summed E-state index contributed by atoms with van der Waals surface area (Å²) < 4.78 is 5.40. The van der Waals surface area contributed by atoms with Crippen LogP contribution in [0.3, 0.4) is 0 Å². The van der Waals surface area contributed by atoms with Crippen molar-refractivity contribution >= 4 is 11.6 Å². The number of amides is 1. The van der Waals surface area contributed by atoms with Gasteiger partial charge in [-0.05, 0) is 45.2 Å². The second-order valence-corrected chi connectivity index (χ2v) is 6.28. The highest BCUT2D eigenvalue weighted by Crippen LogP contribution is 2.27. The Labute approximate surface area is 152 Å². The third kappa shape index (κ3) is 4.15. The van der Waals surface area contributed by atoms with E-state index in [1.54, 1.807) is 6.07 Å². The summed E-state index contributed by atoms with van der Waals surface area (Å²) in [5.41, 5.74) is 2.97. The summed E-state index contributed by atoms with van der Waals surface area (Å²) in [6, 6.07) is 15.1. The number of carbonyl (C=O) groups excluding carboxylic acids is 1. The Hall–Kier alpha value is -2.99. The van der Waals surface area contributed by atoms with Crippen LogP contribution in [0.2, 0.25) is 0 Å². The van der Waals surface area contributed by atoms with Crippen molar-refractivity contribution in [3.63, 3.8) is 0 Å². The average Bonchev–Trinajstić information content (AvgIpc) is 3.10. The van der Waals surface area contributed by atoms with E-state index in [2.05, 4.69) is 20.8 Å². The smallest absolute Gasteiger partial charge is 0.260 e. The van der Waals surface area contributed by atoms with Crippen molar-refractivity contribution in [1.82, 2.24) is 15.5 Å². The lowest BCUT2D eigenvalue weighted by molar-refractivity contribution is 0.102. The van der Waals surface area contributed by atoms with Crippen LogP contribution in [0.1, 0.15) is 28.7 Å². The molecule has 0 radical (unpaired) electrons. The Bertz CT molecular complexity index is 904. The van der Waals surface area contributed by atoms with E-state index < -0.39 is 0 Å². The fourth-order valence-corrected chi connectivity index (χ4v) is 2.58. The van der Waals surface area contributed by atoms with Crippen LogP contribution in [0.5, 0.6) is 0 Å². The topological polar surface area (TPSA) is 80.0 Å². The normalized spacial score (nSPS) is 12.0. The summed E-state index contributed by atoms with van der Waals surface area (Å²) in [6.07, 6.45) is 0.665. The molecule has 1 aromatic heterocycles. The van der Waals surface area contributed by atoms with E-state index in [1.165, 1.54) is 0 Å². The van der Waals surface area contributed by atoms with Gasteiger partial charge < -0.3 is 15.2 Å². The number of hydrogen-bond donors (Lipinski definition) is 2. The highest BCUT2D eigenvalue weighted by Gasteiger charge is 2.16. The number of anilines is 1. The van der Waals surface area contributed by atoms with E-state index in [0.29, 0.717) is 35.0 Å². The predicted molar refractivity (Wildman–Crippen MR) is 101 cm³/mol. The third-order valence-electron chi connectivity index (χ3n) is 4.14. The summed E-state index contributed by atoms with van der Waals surface area (Å²) in [4.78, 5) is 17.0. The van der Waals surface area contributed by atoms with Crippen LogP contribution in [-0.2, 0) is 6.42 Å². The molecule has 134 valence electrons. The van der Waals surface area contributed by atoms with Crippen LogP contribution < -0.4 is 10.6 Å². The largest absolute Gasteiger partial charge is 0.334 e. The van der Waals surface area contributed by atoms with E-state index in [9.17, 15) is 4.79 Å². The van der Waals surface area contributed by atoms with Gasteiger partial charge in [-0.3, -0.25) is 4.79 Å². The second kappa shape index (κ2) is 7.93. The highest BCUT2D eigenvalue weighted by atomic mass is 16.5. The number of carbonyl (C=O) groups is 1. The number of rotatable bonds is 6. The van der Waals surface area contributed by atoms with Crippen molar-refractivity contribution in [3.8, 4) is 11.5 Å². The Morgan fingerprint density at radius 2 is 2.00 bits per heavy atom. The Morgan fingerprint density at radius 1 is 1.19 bits per heavy atom. The molecule has 0 aliphatic heterocycles. The van der Waals surface area contributed by atoms with Crippen LogP contribution in [0.4, 0.5) is 5.69 Å². The quantitative estimate of drug-likeness (QED) is 0.712. The lowest BCUT2D eigenvalue weighted by Crippen LogP contribution is -2.24. The molecule has 6 heteroatoms. The molecule has 2 N–H and O–H groups in total. The molecule has 1 unspecified atom stereocenters. The van der Waals surface area contributed by atoms with Crippen LogP contribution in [0, 0.1) is 6.92 Å². The molecule has 1 atom stereocenters. The molecule has 0 aliphatic carbocycles. The van der Waals surface area contributed by atoms with E-state index in [0.717, 1.165) is 5.56 Å². The van der Waals surface area contributed by atoms with Crippen molar-refractivity contribution in [1.29, 1.82) is 0 Å². The summed E-state index contributed by atoms with van der Waals surface area (Å²) in [6.45, 7) is 4.00. The van der Waals surface area contributed by atoms with Crippen LogP contribution in [0.25, 0.3) is 11.5 Å². The zero-order valence-corrected chi connectivity index (χ0v) is 15.1. The first-order chi connectivity index (χ1) is 12.6. The van der Waals surface area contributed by atoms with E-state index >= 15 is 0 Å². The zero-order valence-electron chi connectivity index (χ0n) is 15.1. The van der Waals surface area contributed by atoms with Gasteiger partial charge in [0.15, 0.2) is 5.82 Å². The van der Waals surface area contributed by atoms with Crippen LogP contribution in [-0.4, -0.2) is 29.1 Å². The predicted octanol–water partition coefficient (Wildman–Crippen LogP) is 3.45. The minimum atomic E-state index is -0.176. The van der Waals surface area contributed by atoms with Crippen molar-refractivity contribution in [2.24, 2.45) is 0 Å². The molecule has 0 fully saturated rings. The number of hydrogen-bond acceptors (Lipinski definition) is 5. The number of nitrogens with zero attached hydrogens (tertiary/aromatic N) is 2. The fraction of sp³-hybridized carbons (Fsp3) is 0.250.